The molecule has 2 aliphatic rings. The first-order valence-electron chi connectivity index (χ1n) is 6.89. The molecule has 0 amide bonds. The summed E-state index contributed by atoms with van der Waals surface area (Å²) in [6.07, 6.45) is 8.92. The van der Waals surface area contributed by atoms with E-state index < -0.39 is 0 Å². The van der Waals surface area contributed by atoms with Gasteiger partial charge in [-0.2, -0.15) is 0 Å². The van der Waals surface area contributed by atoms with Crippen molar-refractivity contribution >= 4 is 0 Å². The average molecular weight is 234 g/mol. The van der Waals surface area contributed by atoms with Crippen molar-refractivity contribution < 1.29 is 0 Å². The Bertz CT molecular complexity index is 394. The molecular formula is C13H22N4. The fraction of sp³-hybridized carbons (Fsp3) is 0.846. The van der Waals surface area contributed by atoms with Gasteiger partial charge in [-0.3, -0.25) is 0 Å². The summed E-state index contributed by atoms with van der Waals surface area (Å²) in [4.78, 5) is 0. The minimum Gasteiger partial charge on any atom is -0.329 e. The smallest absolute Gasteiger partial charge is 0.140 e. The van der Waals surface area contributed by atoms with Crippen molar-refractivity contribution in [3.63, 3.8) is 0 Å². The summed E-state index contributed by atoms with van der Waals surface area (Å²) in [5, 5.41) is 8.77. The Morgan fingerprint density at radius 3 is 2.47 bits per heavy atom. The van der Waals surface area contributed by atoms with Crippen molar-refractivity contribution in [3.05, 3.63) is 11.6 Å². The monoisotopic (exact) mass is 234 g/mol. The minimum atomic E-state index is 0.143. The molecule has 4 nitrogen and oxygen atoms in total. The third kappa shape index (κ3) is 1.61. The van der Waals surface area contributed by atoms with E-state index in [1.807, 2.05) is 0 Å². The second-order valence-corrected chi connectivity index (χ2v) is 5.72. The van der Waals surface area contributed by atoms with Crippen LogP contribution >= 0.6 is 0 Å². The number of hydrogen-bond donors (Lipinski definition) is 1. The van der Waals surface area contributed by atoms with Gasteiger partial charge in [0.2, 0.25) is 0 Å². The van der Waals surface area contributed by atoms with Crippen LogP contribution in [-0.2, 0) is 5.41 Å². The molecule has 0 unspecified atom stereocenters. The van der Waals surface area contributed by atoms with Gasteiger partial charge in [-0.15, -0.1) is 10.2 Å². The maximum atomic E-state index is 6.00. The Balaban J connectivity index is 1.99. The first-order chi connectivity index (χ1) is 8.27. The number of nitrogens with zero attached hydrogens (tertiary/aromatic N) is 3. The van der Waals surface area contributed by atoms with Crippen LogP contribution in [0.15, 0.2) is 0 Å². The Labute approximate surface area is 103 Å². The van der Waals surface area contributed by atoms with Gasteiger partial charge in [0.1, 0.15) is 11.6 Å². The highest BCUT2D eigenvalue weighted by Crippen LogP contribution is 2.44. The van der Waals surface area contributed by atoms with Crippen molar-refractivity contribution in [2.75, 3.05) is 6.54 Å². The third-order valence-corrected chi connectivity index (χ3v) is 4.73. The lowest BCUT2D eigenvalue weighted by Crippen LogP contribution is -2.44. The number of hydrogen-bond acceptors (Lipinski definition) is 3. The highest BCUT2D eigenvalue weighted by Gasteiger charge is 2.43. The lowest BCUT2D eigenvalue weighted by Gasteiger charge is -2.40. The van der Waals surface area contributed by atoms with Gasteiger partial charge in [-0.05, 0) is 32.6 Å². The average Bonchev–Trinajstić information content (AvgIpc) is 2.87. The second-order valence-electron chi connectivity index (χ2n) is 5.72. The molecule has 17 heavy (non-hydrogen) atoms. The van der Waals surface area contributed by atoms with Crippen LogP contribution < -0.4 is 5.73 Å². The van der Waals surface area contributed by atoms with Gasteiger partial charge in [0.15, 0.2) is 0 Å². The van der Waals surface area contributed by atoms with Crippen molar-refractivity contribution in [2.24, 2.45) is 5.73 Å². The molecule has 2 N–H and O–H groups in total. The van der Waals surface area contributed by atoms with Crippen molar-refractivity contribution in [1.29, 1.82) is 0 Å². The SMILES string of the molecule is Cc1nnc(C2(CN)CCC2)n1C1CCCC1. The van der Waals surface area contributed by atoms with Gasteiger partial charge in [-0.1, -0.05) is 19.3 Å². The first kappa shape index (κ1) is 11.2. The molecule has 2 saturated carbocycles. The Hall–Kier alpha value is -0.900. The predicted octanol–water partition coefficient (Wildman–Crippen LogP) is 2.08. The van der Waals surface area contributed by atoms with E-state index in [1.165, 1.54) is 50.8 Å². The summed E-state index contributed by atoms with van der Waals surface area (Å²) in [7, 11) is 0. The van der Waals surface area contributed by atoms with Crippen LogP contribution in [0.5, 0.6) is 0 Å². The molecule has 4 heteroatoms. The zero-order valence-electron chi connectivity index (χ0n) is 10.7. The molecule has 0 atom stereocenters. The van der Waals surface area contributed by atoms with E-state index in [1.54, 1.807) is 0 Å². The lowest BCUT2D eigenvalue weighted by molar-refractivity contribution is 0.223. The summed E-state index contributed by atoms with van der Waals surface area (Å²) in [6, 6.07) is 0.629. The Morgan fingerprint density at radius 1 is 1.24 bits per heavy atom. The second kappa shape index (κ2) is 4.09. The maximum Gasteiger partial charge on any atom is 0.140 e. The molecule has 94 valence electrons. The largest absolute Gasteiger partial charge is 0.329 e. The summed E-state index contributed by atoms with van der Waals surface area (Å²) in [5.41, 5.74) is 6.14. The molecular weight excluding hydrogens is 212 g/mol. The molecule has 0 aromatic carbocycles. The number of aryl methyl sites for hydroxylation is 1. The van der Waals surface area contributed by atoms with Crippen molar-refractivity contribution in [3.8, 4) is 0 Å². The molecule has 2 aliphatic carbocycles. The minimum absolute atomic E-state index is 0.143. The normalized spacial score (nSPS) is 23.9. The van der Waals surface area contributed by atoms with Crippen LogP contribution in [0.1, 0.15) is 62.6 Å². The highest BCUT2D eigenvalue weighted by molar-refractivity contribution is 5.17. The zero-order valence-corrected chi connectivity index (χ0v) is 10.7. The molecule has 2 fully saturated rings. The van der Waals surface area contributed by atoms with Crippen molar-refractivity contribution in [2.45, 2.75) is 63.3 Å². The quantitative estimate of drug-likeness (QED) is 0.871. The molecule has 0 spiro atoms. The van der Waals surface area contributed by atoms with Gasteiger partial charge in [0.05, 0.1) is 0 Å². The van der Waals surface area contributed by atoms with Crippen molar-refractivity contribution in [1.82, 2.24) is 14.8 Å². The van der Waals surface area contributed by atoms with Crippen LogP contribution in [0.2, 0.25) is 0 Å². The number of rotatable bonds is 3. The molecule has 0 bridgehead atoms. The molecule has 0 radical (unpaired) electrons. The fourth-order valence-electron chi connectivity index (χ4n) is 3.45. The molecule has 1 aromatic heterocycles. The Kier molecular flexibility index (Phi) is 2.69. The summed E-state index contributed by atoms with van der Waals surface area (Å²) in [5.74, 6) is 2.25. The van der Waals surface area contributed by atoms with E-state index in [2.05, 4.69) is 21.7 Å². The molecule has 3 rings (SSSR count). The van der Waals surface area contributed by atoms with E-state index >= 15 is 0 Å². The Morgan fingerprint density at radius 2 is 1.94 bits per heavy atom. The van der Waals surface area contributed by atoms with Crippen LogP contribution in [0.25, 0.3) is 0 Å². The van der Waals surface area contributed by atoms with E-state index in [4.69, 9.17) is 5.73 Å². The number of nitrogens with two attached hydrogens (primary N) is 1. The summed E-state index contributed by atoms with van der Waals surface area (Å²) >= 11 is 0. The lowest BCUT2D eigenvalue weighted by atomic mass is 9.68. The first-order valence-corrected chi connectivity index (χ1v) is 6.89. The number of aromatic nitrogens is 3. The van der Waals surface area contributed by atoms with Crippen LogP contribution in [0.3, 0.4) is 0 Å². The van der Waals surface area contributed by atoms with E-state index in [0.29, 0.717) is 6.04 Å². The zero-order chi connectivity index (χ0) is 11.9. The van der Waals surface area contributed by atoms with Gasteiger partial charge in [0, 0.05) is 18.0 Å². The van der Waals surface area contributed by atoms with E-state index in [0.717, 1.165) is 12.4 Å². The summed E-state index contributed by atoms with van der Waals surface area (Å²) in [6.45, 7) is 2.80. The fourth-order valence-corrected chi connectivity index (χ4v) is 3.45. The summed E-state index contributed by atoms with van der Waals surface area (Å²) < 4.78 is 2.40. The van der Waals surface area contributed by atoms with Gasteiger partial charge >= 0.3 is 0 Å². The van der Waals surface area contributed by atoms with Crippen LogP contribution in [-0.4, -0.2) is 21.3 Å². The highest BCUT2D eigenvalue weighted by atomic mass is 15.3. The van der Waals surface area contributed by atoms with E-state index in [-0.39, 0.29) is 5.41 Å². The van der Waals surface area contributed by atoms with Gasteiger partial charge < -0.3 is 10.3 Å². The van der Waals surface area contributed by atoms with Gasteiger partial charge in [0.25, 0.3) is 0 Å². The maximum absolute atomic E-state index is 6.00. The van der Waals surface area contributed by atoms with E-state index in [9.17, 15) is 0 Å². The molecule has 0 saturated heterocycles. The molecule has 1 aromatic rings. The van der Waals surface area contributed by atoms with Crippen LogP contribution in [0, 0.1) is 6.92 Å². The third-order valence-electron chi connectivity index (χ3n) is 4.73. The van der Waals surface area contributed by atoms with Crippen LogP contribution in [0.4, 0.5) is 0 Å². The predicted molar refractivity (Wildman–Crippen MR) is 66.8 cm³/mol. The standard InChI is InChI=1S/C13H22N4/c1-10-15-16-12(13(9-14)7-4-8-13)17(10)11-5-2-3-6-11/h11H,2-9,14H2,1H3. The molecule has 0 aliphatic heterocycles. The topological polar surface area (TPSA) is 56.7 Å². The molecule has 1 heterocycles. The van der Waals surface area contributed by atoms with Gasteiger partial charge in [-0.25, -0.2) is 0 Å².